The molecule has 1 amide bonds. The van der Waals surface area contributed by atoms with Gasteiger partial charge in [-0.3, -0.25) is 4.79 Å². The zero-order valence-electron chi connectivity index (χ0n) is 14.9. The first-order valence-electron chi connectivity index (χ1n) is 8.20. The Balaban J connectivity index is 2.34. The van der Waals surface area contributed by atoms with Crippen molar-refractivity contribution in [1.82, 2.24) is 4.90 Å². The van der Waals surface area contributed by atoms with Crippen molar-refractivity contribution >= 4 is 12.1 Å². The molecule has 0 aliphatic carbocycles. The summed E-state index contributed by atoms with van der Waals surface area (Å²) in [6.07, 6.45) is 2.20. The van der Waals surface area contributed by atoms with Gasteiger partial charge in [-0.05, 0) is 59.8 Å². The number of rotatable bonds is 4. The van der Waals surface area contributed by atoms with Crippen LogP contribution in [0.1, 0.15) is 60.8 Å². The third-order valence-corrected chi connectivity index (χ3v) is 4.15. The van der Waals surface area contributed by atoms with E-state index in [1.165, 1.54) is 0 Å². The Bertz CT molecular complexity index is 390. The van der Waals surface area contributed by atoms with E-state index < -0.39 is 11.0 Å². The van der Waals surface area contributed by atoms with Crippen LogP contribution in [-0.4, -0.2) is 42.3 Å². The largest absolute Gasteiger partial charge is 0.465 e. The lowest BCUT2D eigenvalue weighted by atomic mass is 9.90. The number of carbonyl (C=O) groups is 2. The number of carbonyl (C=O) groups excluding carboxylic acids is 2. The first-order valence-corrected chi connectivity index (χ1v) is 8.20. The summed E-state index contributed by atoms with van der Waals surface area (Å²) in [5.74, 6) is 0.194. The SMILES string of the molecule is CCC(C)(C)C(=O)OCC1CCN(C(=O)OC(C)(C)C)CC1. The molecule has 1 aliphatic heterocycles. The van der Waals surface area contributed by atoms with E-state index in [1.807, 2.05) is 41.5 Å². The summed E-state index contributed by atoms with van der Waals surface area (Å²) in [7, 11) is 0. The van der Waals surface area contributed by atoms with Crippen molar-refractivity contribution in [3.05, 3.63) is 0 Å². The summed E-state index contributed by atoms with van der Waals surface area (Å²) >= 11 is 0. The molecule has 0 atom stereocenters. The molecule has 1 heterocycles. The fourth-order valence-corrected chi connectivity index (χ4v) is 2.14. The molecule has 0 unspecified atom stereocenters. The third-order valence-electron chi connectivity index (χ3n) is 4.15. The van der Waals surface area contributed by atoms with Crippen LogP contribution in [-0.2, 0) is 14.3 Å². The van der Waals surface area contributed by atoms with Gasteiger partial charge in [-0.2, -0.15) is 0 Å². The van der Waals surface area contributed by atoms with Gasteiger partial charge in [0, 0.05) is 13.1 Å². The van der Waals surface area contributed by atoms with E-state index in [0.717, 1.165) is 19.3 Å². The van der Waals surface area contributed by atoms with Crippen molar-refractivity contribution in [2.45, 2.75) is 66.4 Å². The van der Waals surface area contributed by atoms with Crippen LogP contribution in [0.5, 0.6) is 0 Å². The second kappa shape index (κ2) is 7.34. The maximum absolute atomic E-state index is 12.0. The van der Waals surface area contributed by atoms with E-state index in [1.54, 1.807) is 4.90 Å². The van der Waals surface area contributed by atoms with Crippen molar-refractivity contribution in [1.29, 1.82) is 0 Å². The lowest BCUT2D eigenvalue weighted by Gasteiger charge is -2.33. The van der Waals surface area contributed by atoms with Crippen LogP contribution in [0.15, 0.2) is 0 Å². The van der Waals surface area contributed by atoms with Crippen molar-refractivity contribution in [3.8, 4) is 0 Å². The minimum absolute atomic E-state index is 0.135. The average Bonchev–Trinajstić information content (AvgIpc) is 2.43. The lowest BCUT2D eigenvalue weighted by Crippen LogP contribution is -2.42. The quantitative estimate of drug-likeness (QED) is 0.744. The van der Waals surface area contributed by atoms with Gasteiger partial charge in [-0.25, -0.2) is 4.79 Å². The first kappa shape index (κ1) is 18.8. The molecule has 0 spiro atoms. The van der Waals surface area contributed by atoms with E-state index in [0.29, 0.717) is 25.6 Å². The molecule has 22 heavy (non-hydrogen) atoms. The normalized spacial score (nSPS) is 17.3. The molecule has 0 saturated carbocycles. The number of ether oxygens (including phenoxy) is 2. The molecule has 1 aliphatic rings. The van der Waals surface area contributed by atoms with Gasteiger partial charge in [0.25, 0.3) is 0 Å². The summed E-state index contributed by atoms with van der Waals surface area (Å²) in [5.41, 5.74) is -0.883. The molecule has 1 fully saturated rings. The number of amides is 1. The number of likely N-dealkylation sites (tertiary alicyclic amines) is 1. The molecule has 1 rings (SSSR count). The summed E-state index contributed by atoms with van der Waals surface area (Å²) in [6, 6.07) is 0. The molecule has 128 valence electrons. The fourth-order valence-electron chi connectivity index (χ4n) is 2.14. The van der Waals surface area contributed by atoms with Gasteiger partial charge in [0.2, 0.25) is 0 Å². The van der Waals surface area contributed by atoms with Gasteiger partial charge < -0.3 is 14.4 Å². The lowest BCUT2D eigenvalue weighted by molar-refractivity contribution is -0.156. The Morgan fingerprint density at radius 1 is 1.09 bits per heavy atom. The predicted octanol–water partition coefficient (Wildman–Crippen LogP) is 3.61. The zero-order chi connectivity index (χ0) is 17.0. The van der Waals surface area contributed by atoms with Crippen LogP contribution in [0.3, 0.4) is 0 Å². The van der Waals surface area contributed by atoms with Crippen molar-refractivity contribution in [2.24, 2.45) is 11.3 Å². The highest BCUT2D eigenvalue weighted by Gasteiger charge is 2.30. The summed E-state index contributed by atoms with van der Waals surface area (Å²) < 4.78 is 10.8. The number of piperidine rings is 1. The monoisotopic (exact) mass is 313 g/mol. The molecular weight excluding hydrogens is 282 g/mol. The fraction of sp³-hybridized carbons (Fsp3) is 0.882. The van der Waals surface area contributed by atoms with Gasteiger partial charge in [0.05, 0.1) is 12.0 Å². The second-order valence-corrected chi connectivity index (χ2v) is 7.75. The predicted molar refractivity (Wildman–Crippen MR) is 85.6 cm³/mol. The molecule has 0 aromatic heterocycles. The molecule has 5 heteroatoms. The Morgan fingerprint density at radius 2 is 1.64 bits per heavy atom. The Labute approximate surface area is 134 Å². The molecular formula is C17H31NO4. The number of esters is 1. The van der Waals surface area contributed by atoms with Gasteiger partial charge >= 0.3 is 12.1 Å². The molecule has 0 bridgehead atoms. The van der Waals surface area contributed by atoms with Crippen LogP contribution in [0.4, 0.5) is 4.79 Å². The number of hydrogen-bond donors (Lipinski definition) is 0. The van der Waals surface area contributed by atoms with Gasteiger partial charge in [-0.1, -0.05) is 6.92 Å². The molecule has 1 saturated heterocycles. The Kier molecular flexibility index (Phi) is 6.27. The summed E-state index contributed by atoms with van der Waals surface area (Å²) in [4.78, 5) is 25.7. The highest BCUT2D eigenvalue weighted by Crippen LogP contribution is 2.24. The standard InChI is InChI=1S/C17H31NO4/c1-7-17(5,6)14(19)21-12-13-8-10-18(11-9-13)15(20)22-16(2,3)4/h13H,7-12H2,1-6H3. The van der Waals surface area contributed by atoms with Crippen molar-refractivity contribution < 1.29 is 19.1 Å². The smallest absolute Gasteiger partial charge is 0.410 e. The maximum atomic E-state index is 12.0. The van der Waals surface area contributed by atoms with E-state index in [-0.39, 0.29) is 12.1 Å². The summed E-state index contributed by atoms with van der Waals surface area (Å²) in [6.45, 7) is 13.2. The third kappa shape index (κ3) is 5.85. The molecule has 0 N–H and O–H groups in total. The average molecular weight is 313 g/mol. The van der Waals surface area contributed by atoms with E-state index in [2.05, 4.69) is 0 Å². The van der Waals surface area contributed by atoms with Crippen LogP contribution in [0.2, 0.25) is 0 Å². The number of hydrogen-bond acceptors (Lipinski definition) is 4. The van der Waals surface area contributed by atoms with Crippen LogP contribution in [0.25, 0.3) is 0 Å². The summed E-state index contributed by atoms with van der Waals surface area (Å²) in [5, 5.41) is 0. The Morgan fingerprint density at radius 3 is 2.09 bits per heavy atom. The highest BCUT2D eigenvalue weighted by atomic mass is 16.6. The van der Waals surface area contributed by atoms with E-state index in [9.17, 15) is 9.59 Å². The van der Waals surface area contributed by atoms with E-state index in [4.69, 9.17) is 9.47 Å². The molecule has 0 aromatic rings. The highest BCUT2D eigenvalue weighted by molar-refractivity contribution is 5.75. The van der Waals surface area contributed by atoms with Gasteiger partial charge in [0.15, 0.2) is 0 Å². The van der Waals surface area contributed by atoms with Crippen LogP contribution < -0.4 is 0 Å². The van der Waals surface area contributed by atoms with Crippen molar-refractivity contribution in [2.75, 3.05) is 19.7 Å². The Hall–Kier alpha value is -1.26. The van der Waals surface area contributed by atoms with E-state index >= 15 is 0 Å². The minimum atomic E-state index is -0.463. The minimum Gasteiger partial charge on any atom is -0.465 e. The second-order valence-electron chi connectivity index (χ2n) is 7.75. The topological polar surface area (TPSA) is 55.8 Å². The van der Waals surface area contributed by atoms with Crippen LogP contribution >= 0.6 is 0 Å². The van der Waals surface area contributed by atoms with Gasteiger partial charge in [0.1, 0.15) is 5.60 Å². The molecule has 5 nitrogen and oxygen atoms in total. The number of nitrogens with zero attached hydrogens (tertiary/aromatic N) is 1. The van der Waals surface area contributed by atoms with Gasteiger partial charge in [-0.15, -0.1) is 0 Å². The molecule has 0 aromatic carbocycles. The van der Waals surface area contributed by atoms with Crippen LogP contribution in [0, 0.1) is 11.3 Å². The first-order chi connectivity index (χ1) is 10.0. The van der Waals surface area contributed by atoms with Crippen molar-refractivity contribution in [3.63, 3.8) is 0 Å². The molecule has 0 radical (unpaired) electrons. The maximum Gasteiger partial charge on any atom is 0.410 e. The zero-order valence-corrected chi connectivity index (χ0v) is 14.9.